The first kappa shape index (κ1) is 26.4. The average molecular weight is 597 g/mol. The smallest absolute Gasteiger partial charge is 0.338 e. The fraction of sp³-hybridized carbons (Fsp3) is 0.152. The molecule has 2 atom stereocenters. The molecule has 1 saturated heterocycles. The number of ether oxygens (including phenoxy) is 1. The predicted molar refractivity (Wildman–Crippen MR) is 158 cm³/mol. The Morgan fingerprint density at radius 2 is 1.31 bits per heavy atom. The number of rotatable bonds is 5. The molecule has 2 bridgehead atoms. The lowest BCUT2D eigenvalue weighted by Gasteiger charge is -2.45. The van der Waals surface area contributed by atoms with E-state index < -0.39 is 30.3 Å². The van der Waals surface area contributed by atoms with E-state index in [0.717, 1.165) is 22.3 Å². The van der Waals surface area contributed by atoms with E-state index in [2.05, 4.69) is 5.32 Å². The molecule has 1 N–H and O–H groups in total. The first-order valence-corrected chi connectivity index (χ1v) is 14.2. The fourth-order valence-electron chi connectivity index (χ4n) is 6.70. The number of hydrogen-bond acceptors (Lipinski definition) is 5. The summed E-state index contributed by atoms with van der Waals surface area (Å²) in [7, 11) is 0. The molecule has 1 aliphatic heterocycles. The number of halogens is 2. The predicted octanol–water partition coefficient (Wildman–Crippen LogP) is 6.19. The monoisotopic (exact) mass is 596 g/mol. The summed E-state index contributed by atoms with van der Waals surface area (Å²) in [5, 5.41) is 3.23. The number of benzene rings is 4. The number of carbonyl (C=O) groups is 4. The molecular formula is C33H22Cl2N2O5. The standard InChI is InChI=1S/C33H22Cl2N2O5/c34-18-12-13-25(24(35)15-18)36-26(38)16-42-33(41)17-6-5-7-19(14-17)37-31(39)29-27-20-8-1-2-9-21(20)28(30(29)32(37)40)23-11-4-3-10-22(23)27/h1-15,27-30H,16H2,(H,36,38)/t27?,28?,29-,30+. The van der Waals surface area contributed by atoms with E-state index in [4.69, 9.17) is 27.9 Å². The third-order valence-corrected chi connectivity index (χ3v) is 8.88. The first-order valence-electron chi connectivity index (χ1n) is 13.4. The Morgan fingerprint density at radius 3 is 1.86 bits per heavy atom. The summed E-state index contributed by atoms with van der Waals surface area (Å²) < 4.78 is 5.21. The van der Waals surface area contributed by atoms with Crippen LogP contribution in [-0.4, -0.2) is 30.3 Å². The quantitative estimate of drug-likeness (QED) is 0.219. The molecule has 4 aromatic rings. The van der Waals surface area contributed by atoms with Crippen molar-refractivity contribution in [2.24, 2.45) is 11.8 Å². The van der Waals surface area contributed by atoms with Crippen LogP contribution in [0.4, 0.5) is 11.4 Å². The molecule has 0 saturated carbocycles. The van der Waals surface area contributed by atoms with Crippen molar-refractivity contribution in [1.82, 2.24) is 0 Å². The van der Waals surface area contributed by atoms with Crippen LogP contribution in [-0.2, 0) is 19.1 Å². The molecule has 3 amide bonds. The second-order valence-electron chi connectivity index (χ2n) is 10.6. The van der Waals surface area contributed by atoms with Crippen molar-refractivity contribution < 1.29 is 23.9 Å². The SMILES string of the molecule is O=C(COC(=O)c1cccc(N2C(=O)[C@@H]3C4c5ccccc5C(c5ccccc54)[C@@H]3C2=O)c1)Nc1ccc(Cl)cc1Cl. The highest BCUT2D eigenvalue weighted by atomic mass is 35.5. The summed E-state index contributed by atoms with van der Waals surface area (Å²) in [6, 6.07) is 26.8. The third kappa shape index (κ3) is 4.11. The normalized spacial score (nSPS) is 21.4. The fourth-order valence-corrected chi connectivity index (χ4v) is 7.15. The topological polar surface area (TPSA) is 92.8 Å². The zero-order valence-corrected chi connectivity index (χ0v) is 23.4. The van der Waals surface area contributed by atoms with Crippen molar-refractivity contribution in [1.29, 1.82) is 0 Å². The minimum absolute atomic E-state index is 0.106. The second-order valence-corrected chi connectivity index (χ2v) is 11.4. The van der Waals surface area contributed by atoms with E-state index in [1.165, 1.54) is 23.1 Å². The number of nitrogens with one attached hydrogen (secondary N) is 1. The van der Waals surface area contributed by atoms with Crippen molar-refractivity contribution in [3.8, 4) is 0 Å². The molecule has 1 fully saturated rings. The molecule has 4 aromatic carbocycles. The van der Waals surface area contributed by atoms with Gasteiger partial charge in [0.2, 0.25) is 11.8 Å². The van der Waals surface area contributed by atoms with E-state index in [9.17, 15) is 19.2 Å². The number of hydrogen-bond donors (Lipinski definition) is 1. The molecule has 208 valence electrons. The Morgan fingerprint density at radius 1 is 0.738 bits per heavy atom. The lowest BCUT2D eigenvalue weighted by atomic mass is 9.55. The van der Waals surface area contributed by atoms with Gasteiger partial charge in [0.05, 0.1) is 33.8 Å². The summed E-state index contributed by atoms with van der Waals surface area (Å²) in [6.07, 6.45) is 0. The van der Waals surface area contributed by atoms with Crippen molar-refractivity contribution in [2.45, 2.75) is 11.8 Å². The van der Waals surface area contributed by atoms with Gasteiger partial charge in [0.25, 0.3) is 5.91 Å². The van der Waals surface area contributed by atoms with Gasteiger partial charge in [-0.25, -0.2) is 9.69 Å². The Kier molecular flexibility index (Phi) is 6.37. The Balaban J connectivity index is 1.13. The third-order valence-electron chi connectivity index (χ3n) is 8.33. The maximum Gasteiger partial charge on any atom is 0.338 e. The van der Waals surface area contributed by atoms with Gasteiger partial charge in [-0.3, -0.25) is 14.4 Å². The molecule has 0 aromatic heterocycles. The largest absolute Gasteiger partial charge is 0.452 e. The zero-order valence-electron chi connectivity index (χ0n) is 21.9. The number of esters is 1. The lowest BCUT2D eigenvalue weighted by molar-refractivity contribution is -0.122. The number of anilines is 2. The van der Waals surface area contributed by atoms with E-state index in [1.54, 1.807) is 24.3 Å². The number of imide groups is 1. The minimum Gasteiger partial charge on any atom is -0.452 e. The van der Waals surface area contributed by atoms with E-state index in [-0.39, 0.29) is 34.2 Å². The van der Waals surface area contributed by atoms with E-state index in [0.29, 0.717) is 16.4 Å². The van der Waals surface area contributed by atoms with Crippen LogP contribution in [0, 0.1) is 11.8 Å². The summed E-state index contributed by atoms with van der Waals surface area (Å²) in [5.41, 5.74) is 5.06. The summed E-state index contributed by atoms with van der Waals surface area (Å²) in [5.74, 6) is -3.46. The Bertz CT molecular complexity index is 1710. The van der Waals surface area contributed by atoms with Crippen LogP contribution in [0.1, 0.15) is 44.4 Å². The van der Waals surface area contributed by atoms with Crippen LogP contribution in [0.5, 0.6) is 0 Å². The Labute approximate surface area is 251 Å². The minimum atomic E-state index is -0.773. The Hall–Kier alpha value is -4.46. The van der Waals surface area contributed by atoms with Gasteiger partial charge in [0, 0.05) is 16.9 Å². The maximum absolute atomic E-state index is 14.0. The van der Waals surface area contributed by atoms with Gasteiger partial charge < -0.3 is 10.1 Å². The number of carbonyl (C=O) groups excluding carboxylic acids is 4. The van der Waals surface area contributed by atoms with Gasteiger partial charge in [-0.1, -0.05) is 77.8 Å². The van der Waals surface area contributed by atoms with Crippen molar-refractivity contribution >= 4 is 58.3 Å². The van der Waals surface area contributed by atoms with Crippen molar-refractivity contribution in [3.05, 3.63) is 129 Å². The van der Waals surface area contributed by atoms with Crippen LogP contribution >= 0.6 is 23.2 Å². The van der Waals surface area contributed by atoms with E-state index in [1.807, 2.05) is 48.5 Å². The highest BCUT2D eigenvalue weighted by Crippen LogP contribution is 2.61. The van der Waals surface area contributed by atoms with Crippen molar-refractivity contribution in [2.75, 3.05) is 16.8 Å². The second kappa shape index (κ2) is 10.1. The molecule has 4 aliphatic rings. The van der Waals surface area contributed by atoms with Crippen molar-refractivity contribution in [3.63, 3.8) is 0 Å². The molecular weight excluding hydrogens is 575 g/mol. The zero-order chi connectivity index (χ0) is 29.1. The number of nitrogens with zero attached hydrogens (tertiary/aromatic N) is 1. The van der Waals surface area contributed by atoms with Crippen LogP contribution in [0.15, 0.2) is 91.0 Å². The summed E-state index contributed by atoms with van der Waals surface area (Å²) in [6.45, 7) is -0.562. The van der Waals surface area contributed by atoms with Crippen LogP contribution in [0.2, 0.25) is 10.0 Å². The molecule has 1 heterocycles. The summed E-state index contributed by atoms with van der Waals surface area (Å²) in [4.78, 5) is 54.4. The first-order chi connectivity index (χ1) is 20.3. The molecule has 0 radical (unpaired) electrons. The highest BCUT2D eigenvalue weighted by molar-refractivity contribution is 6.36. The molecule has 3 aliphatic carbocycles. The average Bonchev–Trinajstić information content (AvgIpc) is 3.27. The van der Waals surface area contributed by atoms with Crippen LogP contribution in [0.3, 0.4) is 0 Å². The molecule has 0 spiro atoms. The number of amides is 3. The molecule has 8 rings (SSSR count). The highest BCUT2D eigenvalue weighted by Gasteiger charge is 2.61. The molecule has 9 heteroatoms. The maximum atomic E-state index is 14.0. The van der Waals surface area contributed by atoms with Gasteiger partial charge in [0.1, 0.15) is 0 Å². The van der Waals surface area contributed by atoms with Gasteiger partial charge in [0.15, 0.2) is 6.61 Å². The van der Waals surface area contributed by atoms with Gasteiger partial charge in [-0.15, -0.1) is 0 Å². The van der Waals surface area contributed by atoms with Gasteiger partial charge >= 0.3 is 5.97 Å². The van der Waals surface area contributed by atoms with Crippen LogP contribution < -0.4 is 10.2 Å². The van der Waals surface area contributed by atoms with Gasteiger partial charge in [-0.2, -0.15) is 0 Å². The van der Waals surface area contributed by atoms with Gasteiger partial charge in [-0.05, 0) is 58.7 Å². The molecule has 0 unspecified atom stereocenters. The molecule has 7 nitrogen and oxygen atoms in total. The summed E-state index contributed by atoms with van der Waals surface area (Å²) >= 11 is 12.0. The van der Waals surface area contributed by atoms with Crippen LogP contribution in [0.25, 0.3) is 0 Å². The van der Waals surface area contributed by atoms with E-state index >= 15 is 0 Å². The lowest BCUT2D eigenvalue weighted by Crippen LogP contribution is -2.41. The molecule has 42 heavy (non-hydrogen) atoms.